The smallest absolute Gasteiger partial charge is 0.335 e. The van der Waals surface area contributed by atoms with Gasteiger partial charge in [0.1, 0.15) is 5.75 Å². The van der Waals surface area contributed by atoms with E-state index in [1.54, 1.807) is 26.0 Å². The van der Waals surface area contributed by atoms with Gasteiger partial charge in [0.15, 0.2) is 6.61 Å². The molecule has 0 amide bonds. The molecule has 0 saturated heterocycles. The molecule has 1 N–H and O–H groups in total. The fraction of sp³-hybridized carbons (Fsp3) is 0.250. The largest absolute Gasteiger partial charge is 0.485 e. The molecule has 2 aromatic rings. The summed E-state index contributed by atoms with van der Waals surface area (Å²) in [7, 11) is 0. The highest BCUT2D eigenvalue weighted by Crippen LogP contribution is 2.20. The minimum absolute atomic E-state index is 0.185. The van der Waals surface area contributed by atoms with E-state index in [0.717, 1.165) is 5.56 Å². The van der Waals surface area contributed by atoms with Crippen LogP contribution in [0.5, 0.6) is 5.75 Å². The van der Waals surface area contributed by atoms with E-state index < -0.39 is 5.97 Å². The van der Waals surface area contributed by atoms with Gasteiger partial charge in [-0.05, 0) is 30.7 Å². The molecule has 0 atom stereocenters. The molecule has 0 saturated carbocycles. The standard InChI is InChI=1S/C12H12N2O4/c1-7-5-9(12(15)16)3-4-10(7)17-6-11-13-8(2)18-14-11/h3-5H,6H2,1-2H3,(H,15,16). The van der Waals surface area contributed by atoms with Crippen LogP contribution in [-0.4, -0.2) is 21.2 Å². The molecule has 94 valence electrons. The zero-order chi connectivity index (χ0) is 13.1. The average Bonchev–Trinajstić information content (AvgIpc) is 2.73. The minimum Gasteiger partial charge on any atom is -0.485 e. The number of carboxylic acid groups (broad SMARTS) is 1. The van der Waals surface area contributed by atoms with Crippen molar-refractivity contribution in [1.29, 1.82) is 0 Å². The number of aryl methyl sites for hydroxylation is 2. The number of ether oxygens (including phenoxy) is 1. The van der Waals surface area contributed by atoms with Gasteiger partial charge in [0.25, 0.3) is 0 Å². The molecule has 1 heterocycles. The lowest BCUT2D eigenvalue weighted by Crippen LogP contribution is -2.01. The Morgan fingerprint density at radius 1 is 1.44 bits per heavy atom. The van der Waals surface area contributed by atoms with Gasteiger partial charge in [-0.1, -0.05) is 5.16 Å². The van der Waals surface area contributed by atoms with Gasteiger partial charge in [0.2, 0.25) is 11.7 Å². The first-order valence-electron chi connectivity index (χ1n) is 5.32. The second-order valence-corrected chi connectivity index (χ2v) is 3.80. The zero-order valence-electron chi connectivity index (χ0n) is 10.0. The molecule has 0 aliphatic heterocycles. The summed E-state index contributed by atoms with van der Waals surface area (Å²) in [5.41, 5.74) is 0.977. The van der Waals surface area contributed by atoms with Crippen LogP contribution in [0.1, 0.15) is 27.6 Å². The number of nitrogens with zero attached hydrogens (tertiary/aromatic N) is 2. The Kier molecular flexibility index (Phi) is 3.27. The van der Waals surface area contributed by atoms with Crippen molar-refractivity contribution in [1.82, 2.24) is 10.1 Å². The Morgan fingerprint density at radius 3 is 2.78 bits per heavy atom. The summed E-state index contributed by atoms with van der Waals surface area (Å²) in [4.78, 5) is 14.8. The number of carboxylic acids is 1. The SMILES string of the molecule is Cc1nc(COc2ccc(C(=O)O)cc2C)no1. The molecule has 1 aromatic heterocycles. The summed E-state index contributed by atoms with van der Waals surface area (Å²) < 4.78 is 10.3. The Balaban J connectivity index is 2.08. The van der Waals surface area contributed by atoms with Crippen molar-refractivity contribution in [2.24, 2.45) is 0 Å². The third kappa shape index (κ3) is 2.65. The minimum atomic E-state index is -0.960. The zero-order valence-corrected chi connectivity index (χ0v) is 10.0. The van der Waals surface area contributed by atoms with Crippen LogP contribution in [0.3, 0.4) is 0 Å². The highest BCUT2D eigenvalue weighted by Gasteiger charge is 2.08. The van der Waals surface area contributed by atoms with Crippen LogP contribution >= 0.6 is 0 Å². The molecule has 0 fully saturated rings. The maximum absolute atomic E-state index is 10.8. The lowest BCUT2D eigenvalue weighted by atomic mass is 10.1. The van der Waals surface area contributed by atoms with Crippen LogP contribution in [0.25, 0.3) is 0 Å². The summed E-state index contributed by atoms with van der Waals surface area (Å²) in [5, 5.41) is 12.5. The fourth-order valence-corrected chi connectivity index (χ4v) is 1.49. The molecule has 1 aromatic carbocycles. The third-order valence-electron chi connectivity index (χ3n) is 2.35. The van der Waals surface area contributed by atoms with Gasteiger partial charge < -0.3 is 14.4 Å². The Morgan fingerprint density at radius 2 is 2.22 bits per heavy atom. The molecule has 18 heavy (non-hydrogen) atoms. The van der Waals surface area contributed by atoms with E-state index in [-0.39, 0.29) is 12.2 Å². The second kappa shape index (κ2) is 4.87. The van der Waals surface area contributed by atoms with Crippen LogP contribution in [-0.2, 0) is 6.61 Å². The van der Waals surface area contributed by atoms with E-state index in [4.69, 9.17) is 14.4 Å². The lowest BCUT2D eigenvalue weighted by molar-refractivity contribution is 0.0696. The van der Waals surface area contributed by atoms with Gasteiger partial charge >= 0.3 is 5.97 Å². The molecule has 0 bridgehead atoms. The monoisotopic (exact) mass is 248 g/mol. The molecule has 0 spiro atoms. The van der Waals surface area contributed by atoms with Crippen molar-refractivity contribution in [3.63, 3.8) is 0 Å². The quantitative estimate of drug-likeness (QED) is 0.890. The molecule has 0 aliphatic carbocycles. The summed E-state index contributed by atoms with van der Waals surface area (Å²) in [6, 6.07) is 4.66. The summed E-state index contributed by atoms with van der Waals surface area (Å²) in [6.45, 7) is 3.66. The van der Waals surface area contributed by atoms with Crippen LogP contribution in [0.4, 0.5) is 0 Å². The van der Waals surface area contributed by atoms with Crippen molar-refractivity contribution in [3.05, 3.63) is 41.0 Å². The molecule has 2 rings (SSSR count). The van der Waals surface area contributed by atoms with Gasteiger partial charge in [0.05, 0.1) is 5.56 Å². The number of carbonyl (C=O) groups is 1. The second-order valence-electron chi connectivity index (χ2n) is 3.80. The molecule has 6 nitrogen and oxygen atoms in total. The van der Waals surface area contributed by atoms with E-state index in [1.807, 2.05) is 0 Å². The molecule has 0 unspecified atom stereocenters. The Hall–Kier alpha value is -2.37. The van der Waals surface area contributed by atoms with E-state index >= 15 is 0 Å². The fourth-order valence-electron chi connectivity index (χ4n) is 1.49. The predicted molar refractivity (Wildman–Crippen MR) is 61.5 cm³/mol. The highest BCUT2D eigenvalue weighted by molar-refractivity contribution is 5.88. The topological polar surface area (TPSA) is 85.5 Å². The molecular weight excluding hydrogens is 236 g/mol. The van der Waals surface area contributed by atoms with Crippen molar-refractivity contribution >= 4 is 5.97 Å². The molecule has 0 aliphatic rings. The van der Waals surface area contributed by atoms with Crippen LogP contribution in [0.15, 0.2) is 22.7 Å². The van der Waals surface area contributed by atoms with Gasteiger partial charge in [0, 0.05) is 6.92 Å². The first kappa shape index (κ1) is 12.1. The van der Waals surface area contributed by atoms with Gasteiger partial charge in [-0.25, -0.2) is 4.79 Å². The van der Waals surface area contributed by atoms with Crippen molar-refractivity contribution in [2.45, 2.75) is 20.5 Å². The van der Waals surface area contributed by atoms with Gasteiger partial charge in [-0.2, -0.15) is 4.98 Å². The average molecular weight is 248 g/mol. The number of hydrogen-bond acceptors (Lipinski definition) is 5. The molecule has 0 radical (unpaired) electrons. The number of aromatic carboxylic acids is 1. The Bertz CT molecular complexity index is 577. The highest BCUT2D eigenvalue weighted by atomic mass is 16.5. The number of benzene rings is 1. The summed E-state index contributed by atoms with van der Waals surface area (Å²) >= 11 is 0. The van der Waals surface area contributed by atoms with E-state index in [1.165, 1.54) is 6.07 Å². The molecular formula is C12H12N2O4. The first-order chi connectivity index (χ1) is 8.56. The maximum Gasteiger partial charge on any atom is 0.335 e. The Labute approximate surface area is 103 Å². The normalized spacial score (nSPS) is 10.3. The first-order valence-corrected chi connectivity index (χ1v) is 5.32. The number of hydrogen-bond donors (Lipinski definition) is 1. The van der Waals surface area contributed by atoms with Crippen LogP contribution in [0, 0.1) is 13.8 Å². The van der Waals surface area contributed by atoms with Gasteiger partial charge in [-0.15, -0.1) is 0 Å². The van der Waals surface area contributed by atoms with Crippen LogP contribution < -0.4 is 4.74 Å². The van der Waals surface area contributed by atoms with Crippen molar-refractivity contribution in [2.75, 3.05) is 0 Å². The molecule has 6 heteroatoms. The number of aromatic nitrogens is 2. The lowest BCUT2D eigenvalue weighted by Gasteiger charge is -2.07. The van der Waals surface area contributed by atoms with Crippen molar-refractivity contribution in [3.8, 4) is 5.75 Å². The van der Waals surface area contributed by atoms with E-state index in [2.05, 4.69) is 10.1 Å². The van der Waals surface area contributed by atoms with Crippen LogP contribution in [0.2, 0.25) is 0 Å². The number of rotatable bonds is 4. The van der Waals surface area contributed by atoms with Gasteiger partial charge in [-0.3, -0.25) is 0 Å². The van der Waals surface area contributed by atoms with E-state index in [9.17, 15) is 4.79 Å². The predicted octanol–water partition coefficient (Wildman–Crippen LogP) is 1.96. The van der Waals surface area contributed by atoms with Crippen molar-refractivity contribution < 1.29 is 19.2 Å². The van der Waals surface area contributed by atoms with E-state index in [0.29, 0.717) is 17.5 Å². The third-order valence-corrected chi connectivity index (χ3v) is 2.35. The maximum atomic E-state index is 10.8. The summed E-state index contributed by atoms with van der Waals surface area (Å²) in [6.07, 6.45) is 0. The summed E-state index contributed by atoms with van der Waals surface area (Å²) in [5.74, 6) is 0.571.